The van der Waals surface area contributed by atoms with Crippen molar-refractivity contribution < 1.29 is 14.9 Å². The highest BCUT2D eigenvalue weighted by molar-refractivity contribution is 5.64. The van der Waals surface area contributed by atoms with E-state index >= 15 is 0 Å². The number of hydrogen-bond donors (Lipinski definition) is 3. The number of aromatic hydroxyl groups is 1. The summed E-state index contributed by atoms with van der Waals surface area (Å²) in [6.07, 6.45) is 4.91. The molecular weight excluding hydrogens is 410 g/mol. The van der Waals surface area contributed by atoms with Gasteiger partial charge in [-0.1, -0.05) is 6.07 Å². The number of nitrogens with zero attached hydrogens (tertiary/aromatic N) is 4. The van der Waals surface area contributed by atoms with Crippen LogP contribution in [-0.2, 0) is 18.3 Å². The van der Waals surface area contributed by atoms with Gasteiger partial charge < -0.3 is 14.9 Å². The van der Waals surface area contributed by atoms with Crippen molar-refractivity contribution in [2.45, 2.75) is 55.3 Å². The summed E-state index contributed by atoms with van der Waals surface area (Å²) in [6.45, 7) is 1.84. The molecule has 164 valence electrons. The Kier molecular flexibility index (Phi) is 2.94. The first kappa shape index (κ1) is 17.6. The van der Waals surface area contributed by atoms with Crippen LogP contribution in [-0.4, -0.2) is 59.4 Å². The van der Waals surface area contributed by atoms with Crippen LogP contribution in [0.5, 0.6) is 11.5 Å². The fraction of sp³-hybridized carbons (Fsp3) is 0.522. The third kappa shape index (κ3) is 1.80. The van der Waals surface area contributed by atoms with E-state index in [1.54, 1.807) is 6.07 Å². The SMILES string of the molecule is O=c1c2c(nc3nc[nH]n13)[C@@H]1Oc3c(O)ccc4c3[C@@]13CCN(CC1CC1)[C@H](C4)[C@]3(O)C2. The molecule has 9 nitrogen and oxygen atoms in total. The van der Waals surface area contributed by atoms with Crippen LogP contribution in [0.15, 0.2) is 23.3 Å². The number of nitrogens with one attached hydrogen (secondary N) is 1. The summed E-state index contributed by atoms with van der Waals surface area (Å²) in [4.78, 5) is 24.7. The van der Waals surface area contributed by atoms with Crippen molar-refractivity contribution in [1.82, 2.24) is 24.5 Å². The molecule has 3 aliphatic carbocycles. The lowest BCUT2D eigenvalue weighted by Crippen LogP contribution is -2.75. The summed E-state index contributed by atoms with van der Waals surface area (Å²) in [5.74, 6) is 1.51. The lowest BCUT2D eigenvalue weighted by atomic mass is 9.49. The van der Waals surface area contributed by atoms with Crippen LogP contribution in [0.4, 0.5) is 0 Å². The van der Waals surface area contributed by atoms with Crippen molar-refractivity contribution >= 4 is 5.78 Å². The van der Waals surface area contributed by atoms with Crippen molar-refractivity contribution in [3.8, 4) is 11.5 Å². The standard InChI is InChI=1S/C23H23N5O4/c29-14-4-3-12-7-15-23(31)8-13-17(26-21-24-10-25-28(21)20(13)30)19-22(23,16(12)18(14)32-19)5-6-27(15)9-11-1-2-11/h3-4,10-11,15,19,29,31H,1-2,5-9H2,(H,24,25,26)/t15-,19+,22+,23-/m1/s1. The predicted octanol–water partition coefficient (Wildman–Crippen LogP) is 0.822. The van der Waals surface area contributed by atoms with Crippen molar-refractivity contribution in [3.63, 3.8) is 0 Å². The fourth-order valence-corrected chi connectivity index (χ4v) is 7.21. The van der Waals surface area contributed by atoms with Gasteiger partial charge in [0.05, 0.1) is 16.7 Å². The number of phenols is 1. The summed E-state index contributed by atoms with van der Waals surface area (Å²) < 4.78 is 7.76. The molecule has 5 aliphatic rings. The van der Waals surface area contributed by atoms with Gasteiger partial charge in [0.2, 0.25) is 0 Å². The number of piperidine rings is 1. The Balaban J connectivity index is 1.44. The molecule has 4 atom stereocenters. The minimum Gasteiger partial charge on any atom is -0.504 e. The van der Waals surface area contributed by atoms with Gasteiger partial charge in [0.15, 0.2) is 17.6 Å². The molecule has 2 aliphatic heterocycles. The van der Waals surface area contributed by atoms with Crippen LogP contribution in [0, 0.1) is 5.92 Å². The molecule has 4 heterocycles. The molecule has 0 radical (unpaired) electrons. The second-order valence-corrected chi connectivity index (χ2v) is 10.2. The van der Waals surface area contributed by atoms with Gasteiger partial charge >= 0.3 is 0 Å². The smallest absolute Gasteiger partial charge is 0.277 e. The molecule has 2 fully saturated rings. The third-order valence-electron chi connectivity index (χ3n) is 8.77. The van der Waals surface area contributed by atoms with E-state index in [2.05, 4.69) is 15.0 Å². The lowest BCUT2D eigenvalue weighted by Gasteiger charge is -2.62. The maximum atomic E-state index is 13.4. The number of likely N-dealkylation sites (tertiary alicyclic amines) is 1. The van der Waals surface area contributed by atoms with Crippen LogP contribution in [0.25, 0.3) is 5.78 Å². The number of rotatable bonds is 2. The highest BCUT2D eigenvalue weighted by Crippen LogP contribution is 2.68. The van der Waals surface area contributed by atoms with Crippen LogP contribution < -0.4 is 10.3 Å². The van der Waals surface area contributed by atoms with Crippen molar-refractivity contribution in [2.24, 2.45) is 5.92 Å². The van der Waals surface area contributed by atoms with E-state index in [0.717, 1.165) is 24.2 Å². The Morgan fingerprint density at radius 1 is 1.31 bits per heavy atom. The number of hydrogen-bond acceptors (Lipinski definition) is 7. The number of aliphatic hydroxyl groups is 1. The highest BCUT2D eigenvalue weighted by Gasteiger charge is 2.73. The van der Waals surface area contributed by atoms with Crippen molar-refractivity contribution in [2.75, 3.05) is 13.1 Å². The first-order chi connectivity index (χ1) is 15.5. The largest absolute Gasteiger partial charge is 0.504 e. The van der Waals surface area contributed by atoms with E-state index in [1.165, 1.54) is 23.7 Å². The average molecular weight is 433 g/mol. The topological polar surface area (TPSA) is 116 Å². The monoisotopic (exact) mass is 433 g/mol. The van der Waals surface area contributed by atoms with Gasteiger partial charge in [0.25, 0.3) is 11.3 Å². The minimum atomic E-state index is -1.18. The van der Waals surface area contributed by atoms with Crippen molar-refractivity contribution in [1.29, 1.82) is 0 Å². The summed E-state index contributed by atoms with van der Waals surface area (Å²) in [5.41, 5.74) is 0.901. The highest BCUT2D eigenvalue weighted by atomic mass is 16.5. The van der Waals surface area contributed by atoms with E-state index in [0.29, 0.717) is 35.8 Å². The lowest BCUT2D eigenvalue weighted by molar-refractivity contribution is -0.173. The molecular formula is C23H23N5O4. The van der Waals surface area contributed by atoms with Gasteiger partial charge in [-0.3, -0.25) is 14.8 Å². The maximum absolute atomic E-state index is 13.4. The first-order valence-corrected chi connectivity index (χ1v) is 11.4. The normalized spacial score (nSPS) is 34.3. The van der Waals surface area contributed by atoms with Gasteiger partial charge in [-0.15, -0.1) is 0 Å². The fourth-order valence-electron chi connectivity index (χ4n) is 7.21. The molecule has 3 aromatic rings. The number of ether oxygens (including phenoxy) is 1. The molecule has 8 rings (SSSR count). The number of phenolic OH excluding ortho intramolecular Hbond substituents is 1. The second-order valence-electron chi connectivity index (χ2n) is 10.2. The third-order valence-corrected chi connectivity index (χ3v) is 8.77. The molecule has 9 heteroatoms. The van der Waals surface area contributed by atoms with Gasteiger partial charge in [-0.25, -0.2) is 9.97 Å². The Morgan fingerprint density at radius 2 is 2.19 bits per heavy atom. The Morgan fingerprint density at radius 3 is 3.03 bits per heavy atom. The Hall–Kier alpha value is -2.91. The van der Waals surface area contributed by atoms with E-state index in [1.807, 2.05) is 6.07 Å². The molecule has 2 aromatic heterocycles. The molecule has 1 aromatic carbocycles. The van der Waals surface area contributed by atoms with Crippen LogP contribution in [0.3, 0.4) is 0 Å². The van der Waals surface area contributed by atoms with Crippen LogP contribution in [0.1, 0.15) is 47.8 Å². The first-order valence-electron chi connectivity index (χ1n) is 11.4. The number of aromatic amines is 1. The van der Waals surface area contributed by atoms with Crippen molar-refractivity contribution in [3.05, 3.63) is 51.2 Å². The van der Waals surface area contributed by atoms with Gasteiger partial charge in [0.1, 0.15) is 6.33 Å². The second kappa shape index (κ2) is 5.35. The average Bonchev–Trinajstić information content (AvgIpc) is 3.32. The molecule has 2 bridgehead atoms. The molecule has 3 N–H and O–H groups in total. The number of aromatic nitrogens is 4. The summed E-state index contributed by atoms with van der Waals surface area (Å²) >= 11 is 0. The van der Waals surface area contributed by atoms with E-state index in [4.69, 9.17) is 9.72 Å². The summed E-state index contributed by atoms with van der Waals surface area (Å²) in [5, 5.41) is 26.1. The van der Waals surface area contributed by atoms with E-state index in [9.17, 15) is 15.0 Å². The molecule has 0 unspecified atom stereocenters. The zero-order chi connectivity index (χ0) is 21.4. The van der Waals surface area contributed by atoms with Gasteiger partial charge in [-0.05, 0) is 49.8 Å². The minimum absolute atomic E-state index is 0.0767. The quantitative estimate of drug-likeness (QED) is 0.548. The van der Waals surface area contributed by atoms with E-state index in [-0.39, 0.29) is 29.5 Å². The summed E-state index contributed by atoms with van der Waals surface area (Å²) in [7, 11) is 0. The number of fused-ring (bicyclic) bond motifs is 3. The predicted molar refractivity (Wildman–Crippen MR) is 112 cm³/mol. The van der Waals surface area contributed by atoms with E-state index < -0.39 is 17.1 Å². The molecule has 32 heavy (non-hydrogen) atoms. The van der Waals surface area contributed by atoms with Crippen LogP contribution in [0.2, 0.25) is 0 Å². The molecule has 1 saturated heterocycles. The number of benzene rings is 1. The number of H-pyrrole nitrogens is 1. The Bertz CT molecular complexity index is 1390. The molecule has 1 spiro atoms. The Labute approximate surface area is 182 Å². The maximum Gasteiger partial charge on any atom is 0.277 e. The van der Waals surface area contributed by atoms with Gasteiger partial charge in [-0.2, -0.15) is 4.52 Å². The van der Waals surface area contributed by atoms with Gasteiger partial charge in [0, 0.05) is 30.1 Å². The zero-order valence-corrected chi connectivity index (χ0v) is 17.4. The molecule has 0 amide bonds. The molecule has 1 saturated carbocycles. The summed E-state index contributed by atoms with van der Waals surface area (Å²) in [6, 6.07) is 3.55. The van der Waals surface area contributed by atoms with Crippen LogP contribution >= 0.6 is 0 Å². The zero-order valence-electron chi connectivity index (χ0n) is 17.4.